The van der Waals surface area contributed by atoms with Crippen molar-refractivity contribution in [2.24, 2.45) is 10.7 Å². The van der Waals surface area contributed by atoms with Gasteiger partial charge in [0, 0.05) is 13.5 Å². The van der Waals surface area contributed by atoms with Crippen LogP contribution in [0.25, 0.3) is 0 Å². The van der Waals surface area contributed by atoms with Crippen LogP contribution in [0.5, 0.6) is 11.5 Å². The van der Waals surface area contributed by atoms with Gasteiger partial charge in [0.2, 0.25) is 0 Å². The van der Waals surface area contributed by atoms with Gasteiger partial charge in [-0.15, -0.1) is 0 Å². The molecule has 2 N–H and O–H groups in total. The molecule has 0 fully saturated rings. The molecule has 0 aromatic heterocycles. The van der Waals surface area contributed by atoms with Crippen LogP contribution in [-0.4, -0.2) is 37.7 Å². The monoisotopic (exact) mass is 247 g/mol. The van der Waals surface area contributed by atoms with Crippen LogP contribution >= 0.6 is 0 Å². The molecule has 0 amide bonds. The van der Waals surface area contributed by atoms with Crippen molar-refractivity contribution >= 4 is 5.96 Å². The lowest BCUT2D eigenvalue weighted by molar-refractivity contribution is 0.296. The van der Waals surface area contributed by atoms with Gasteiger partial charge in [-0.25, -0.2) is 0 Å². The zero-order valence-electron chi connectivity index (χ0n) is 10.4. The Hall–Kier alpha value is -1.91. The Morgan fingerprint density at radius 1 is 1.28 bits per heavy atom. The van der Waals surface area contributed by atoms with E-state index in [0.29, 0.717) is 25.7 Å². The number of guanidine groups is 1. The third-order valence-corrected chi connectivity index (χ3v) is 3.41. The molecule has 0 spiro atoms. The summed E-state index contributed by atoms with van der Waals surface area (Å²) in [5, 5.41) is 0. The minimum absolute atomic E-state index is 0.196. The van der Waals surface area contributed by atoms with Crippen LogP contribution in [0.15, 0.2) is 23.2 Å². The van der Waals surface area contributed by atoms with Gasteiger partial charge in [-0.1, -0.05) is 6.07 Å². The van der Waals surface area contributed by atoms with Crippen LogP contribution in [0, 0.1) is 0 Å². The number of aliphatic imine (C=N–C) groups is 1. The van der Waals surface area contributed by atoms with Crippen LogP contribution in [0.4, 0.5) is 0 Å². The van der Waals surface area contributed by atoms with Gasteiger partial charge in [0.05, 0.1) is 25.8 Å². The summed E-state index contributed by atoms with van der Waals surface area (Å²) in [5.41, 5.74) is 6.95. The van der Waals surface area contributed by atoms with E-state index in [9.17, 15) is 0 Å². The zero-order valence-corrected chi connectivity index (χ0v) is 10.4. The number of benzene rings is 1. The Bertz CT molecular complexity index is 487. The highest BCUT2D eigenvalue weighted by molar-refractivity contribution is 5.80. The molecule has 2 heterocycles. The molecule has 0 bridgehead atoms. The van der Waals surface area contributed by atoms with E-state index < -0.39 is 0 Å². The highest BCUT2D eigenvalue weighted by Crippen LogP contribution is 2.34. The van der Waals surface area contributed by atoms with Gasteiger partial charge in [-0.2, -0.15) is 0 Å². The third kappa shape index (κ3) is 1.85. The fraction of sp³-hybridized carbons (Fsp3) is 0.462. The molecular formula is C13H17N3O2. The molecule has 0 saturated heterocycles. The summed E-state index contributed by atoms with van der Waals surface area (Å²) in [4.78, 5) is 6.24. The van der Waals surface area contributed by atoms with E-state index in [1.165, 1.54) is 0 Å². The zero-order chi connectivity index (χ0) is 12.5. The van der Waals surface area contributed by atoms with Crippen molar-refractivity contribution in [3.8, 4) is 11.5 Å². The first kappa shape index (κ1) is 11.2. The van der Waals surface area contributed by atoms with Crippen LogP contribution in [0.3, 0.4) is 0 Å². The van der Waals surface area contributed by atoms with E-state index in [4.69, 9.17) is 15.2 Å². The van der Waals surface area contributed by atoms with E-state index in [-0.39, 0.29) is 6.04 Å². The maximum absolute atomic E-state index is 5.79. The third-order valence-electron chi connectivity index (χ3n) is 3.41. The summed E-state index contributed by atoms with van der Waals surface area (Å²) in [6, 6.07) is 6.26. The lowest BCUT2D eigenvalue weighted by Crippen LogP contribution is -2.32. The quantitative estimate of drug-likeness (QED) is 0.808. The molecule has 0 saturated carbocycles. The van der Waals surface area contributed by atoms with Gasteiger partial charge in [0.1, 0.15) is 0 Å². The number of likely N-dealkylation sites (N-methyl/N-ethyl adjacent to an activating group) is 1. The van der Waals surface area contributed by atoms with Crippen molar-refractivity contribution in [3.63, 3.8) is 0 Å². The van der Waals surface area contributed by atoms with Gasteiger partial charge in [-0.3, -0.25) is 4.99 Å². The molecule has 96 valence electrons. The second-order valence-electron chi connectivity index (χ2n) is 4.58. The standard InChI is InChI=1S/C13H17N3O2/c1-16-10(8-15-13(16)14)9-3-4-11-12(7-9)18-6-2-5-17-11/h3-4,7,10H,2,5-6,8H2,1H3,(H2,14,15). The van der Waals surface area contributed by atoms with Crippen LogP contribution < -0.4 is 15.2 Å². The number of rotatable bonds is 1. The molecule has 3 rings (SSSR count). The Morgan fingerprint density at radius 2 is 2.06 bits per heavy atom. The molecule has 2 aliphatic rings. The normalized spacial score (nSPS) is 22.6. The van der Waals surface area contributed by atoms with E-state index in [0.717, 1.165) is 23.5 Å². The Kier molecular flexibility index (Phi) is 2.74. The van der Waals surface area contributed by atoms with Crippen molar-refractivity contribution in [2.75, 3.05) is 26.8 Å². The second-order valence-corrected chi connectivity index (χ2v) is 4.58. The smallest absolute Gasteiger partial charge is 0.191 e. The molecule has 1 unspecified atom stereocenters. The number of nitrogens with two attached hydrogens (primary N) is 1. The Balaban J connectivity index is 1.88. The lowest BCUT2D eigenvalue weighted by atomic mass is 10.1. The number of fused-ring (bicyclic) bond motifs is 1. The van der Waals surface area contributed by atoms with E-state index in [1.807, 2.05) is 24.1 Å². The first-order valence-corrected chi connectivity index (χ1v) is 6.18. The maximum atomic E-state index is 5.79. The molecule has 5 heteroatoms. The summed E-state index contributed by atoms with van der Waals surface area (Å²) in [5.74, 6) is 2.24. The molecule has 1 aromatic carbocycles. The Labute approximate surface area is 106 Å². The van der Waals surface area contributed by atoms with Gasteiger partial charge in [0.15, 0.2) is 17.5 Å². The topological polar surface area (TPSA) is 60.1 Å². The van der Waals surface area contributed by atoms with Crippen molar-refractivity contribution in [1.82, 2.24) is 4.90 Å². The summed E-state index contributed by atoms with van der Waals surface area (Å²) in [6.07, 6.45) is 0.920. The average Bonchev–Trinajstić information content (AvgIpc) is 2.61. The van der Waals surface area contributed by atoms with Crippen LogP contribution in [0.1, 0.15) is 18.0 Å². The van der Waals surface area contributed by atoms with Crippen molar-refractivity contribution in [1.29, 1.82) is 0 Å². The molecule has 1 aromatic rings. The fourth-order valence-electron chi connectivity index (χ4n) is 2.29. The van der Waals surface area contributed by atoms with Crippen LogP contribution in [0.2, 0.25) is 0 Å². The minimum Gasteiger partial charge on any atom is -0.490 e. The number of ether oxygens (including phenoxy) is 2. The van der Waals surface area contributed by atoms with Crippen molar-refractivity contribution in [2.45, 2.75) is 12.5 Å². The van der Waals surface area contributed by atoms with E-state index >= 15 is 0 Å². The molecule has 5 nitrogen and oxygen atoms in total. The van der Waals surface area contributed by atoms with Crippen molar-refractivity contribution in [3.05, 3.63) is 23.8 Å². The number of nitrogens with zero attached hydrogens (tertiary/aromatic N) is 2. The number of hydrogen-bond acceptors (Lipinski definition) is 5. The van der Waals surface area contributed by atoms with E-state index in [1.54, 1.807) is 0 Å². The summed E-state index contributed by atoms with van der Waals surface area (Å²) < 4.78 is 11.3. The maximum Gasteiger partial charge on any atom is 0.191 e. The van der Waals surface area contributed by atoms with E-state index in [2.05, 4.69) is 11.1 Å². The molecular weight excluding hydrogens is 230 g/mol. The molecule has 0 aliphatic carbocycles. The Morgan fingerprint density at radius 3 is 2.78 bits per heavy atom. The highest BCUT2D eigenvalue weighted by Gasteiger charge is 2.25. The average molecular weight is 247 g/mol. The molecule has 0 radical (unpaired) electrons. The summed E-state index contributed by atoms with van der Waals surface area (Å²) >= 11 is 0. The van der Waals surface area contributed by atoms with Crippen LogP contribution in [-0.2, 0) is 0 Å². The molecule has 18 heavy (non-hydrogen) atoms. The first-order valence-electron chi connectivity index (χ1n) is 6.18. The predicted molar refractivity (Wildman–Crippen MR) is 69.0 cm³/mol. The molecule has 1 atom stereocenters. The summed E-state index contributed by atoms with van der Waals surface area (Å²) in [7, 11) is 1.96. The first-order chi connectivity index (χ1) is 8.75. The fourth-order valence-corrected chi connectivity index (χ4v) is 2.29. The SMILES string of the molecule is CN1C(N)=NCC1c1ccc2c(c1)OCCCO2. The second kappa shape index (κ2) is 4.40. The largest absolute Gasteiger partial charge is 0.490 e. The van der Waals surface area contributed by atoms with Crippen molar-refractivity contribution < 1.29 is 9.47 Å². The summed E-state index contributed by atoms with van der Waals surface area (Å²) in [6.45, 7) is 2.11. The number of hydrogen-bond donors (Lipinski definition) is 1. The van der Waals surface area contributed by atoms with Gasteiger partial charge in [0.25, 0.3) is 0 Å². The highest BCUT2D eigenvalue weighted by atomic mass is 16.5. The van der Waals surface area contributed by atoms with Gasteiger partial charge >= 0.3 is 0 Å². The predicted octanol–water partition coefficient (Wildman–Crippen LogP) is 1.15. The van der Waals surface area contributed by atoms with Gasteiger partial charge < -0.3 is 20.1 Å². The minimum atomic E-state index is 0.196. The van der Waals surface area contributed by atoms with Gasteiger partial charge in [-0.05, 0) is 17.7 Å². The lowest BCUT2D eigenvalue weighted by Gasteiger charge is -2.22. The molecule has 2 aliphatic heterocycles.